The third-order valence-corrected chi connectivity index (χ3v) is 7.21. The van der Waals surface area contributed by atoms with Crippen molar-refractivity contribution in [1.29, 1.82) is 0 Å². The number of nitrogens with zero attached hydrogens (tertiary/aromatic N) is 1. The van der Waals surface area contributed by atoms with E-state index in [1.807, 2.05) is 14.0 Å². The first kappa shape index (κ1) is 22.4. The first-order valence-corrected chi connectivity index (χ1v) is 10.9. The van der Waals surface area contributed by atoms with Gasteiger partial charge >= 0.3 is 0 Å². The average molecular weight is 444 g/mol. The summed E-state index contributed by atoms with van der Waals surface area (Å²) < 4.78 is 24.9. The Balaban J connectivity index is 0.00000280. The molecule has 28 heavy (non-hydrogen) atoms. The number of rotatable bonds is 5. The number of carbonyl (C=O) groups is 2. The third kappa shape index (κ3) is 4.72. The lowest BCUT2D eigenvalue weighted by atomic mass is 10.0. The summed E-state index contributed by atoms with van der Waals surface area (Å²) in [6.45, 7) is 3.31. The van der Waals surface area contributed by atoms with Crippen molar-refractivity contribution in [2.75, 3.05) is 24.7 Å². The van der Waals surface area contributed by atoms with Gasteiger partial charge < -0.3 is 16.0 Å². The minimum absolute atomic E-state index is 0. The Morgan fingerprint density at radius 2 is 1.89 bits per heavy atom. The number of anilines is 1. The molecule has 1 aliphatic heterocycles. The van der Waals surface area contributed by atoms with Crippen LogP contribution in [0, 0.1) is 6.92 Å². The Morgan fingerprint density at radius 1 is 1.25 bits per heavy atom. The zero-order valence-corrected chi connectivity index (χ0v) is 18.0. The van der Waals surface area contributed by atoms with Crippen molar-refractivity contribution in [3.05, 3.63) is 45.8 Å². The predicted octanol–water partition coefficient (Wildman–Crippen LogP) is 1.98. The molecule has 0 atom stereocenters. The third-order valence-electron chi connectivity index (χ3n) is 4.45. The fourth-order valence-electron chi connectivity index (χ4n) is 3.04. The molecule has 0 bridgehead atoms. The van der Waals surface area contributed by atoms with Gasteiger partial charge in [-0.3, -0.25) is 9.59 Å². The number of nitrogens with one attached hydrogen (secondary N) is 1. The second kappa shape index (κ2) is 8.60. The van der Waals surface area contributed by atoms with Crippen LogP contribution in [0.2, 0.25) is 0 Å². The quantitative estimate of drug-likeness (QED) is 0.734. The second-order valence-electron chi connectivity index (χ2n) is 6.68. The van der Waals surface area contributed by atoms with Crippen molar-refractivity contribution >= 4 is 50.4 Å². The highest BCUT2D eigenvalue weighted by Crippen LogP contribution is 2.36. The van der Waals surface area contributed by atoms with E-state index in [9.17, 15) is 18.0 Å². The van der Waals surface area contributed by atoms with Gasteiger partial charge in [-0.15, -0.1) is 23.7 Å². The van der Waals surface area contributed by atoms with E-state index < -0.39 is 27.4 Å². The Morgan fingerprint density at radius 3 is 2.50 bits per heavy atom. The van der Waals surface area contributed by atoms with Crippen LogP contribution in [-0.2, 0) is 27.6 Å². The summed E-state index contributed by atoms with van der Waals surface area (Å²) >= 11 is 1.28. The molecule has 1 aromatic carbocycles. The van der Waals surface area contributed by atoms with Gasteiger partial charge in [0.1, 0.15) is 10.8 Å². The maximum absolute atomic E-state index is 12.4. The van der Waals surface area contributed by atoms with Crippen LogP contribution >= 0.6 is 23.7 Å². The van der Waals surface area contributed by atoms with Crippen molar-refractivity contribution in [2.45, 2.75) is 24.8 Å². The number of amides is 2. The van der Waals surface area contributed by atoms with E-state index in [1.165, 1.54) is 23.5 Å². The maximum Gasteiger partial charge on any atom is 0.251 e. The van der Waals surface area contributed by atoms with E-state index in [0.717, 1.165) is 22.5 Å². The lowest BCUT2D eigenvalue weighted by Gasteiger charge is -2.22. The summed E-state index contributed by atoms with van der Waals surface area (Å²) in [6.07, 6.45) is 0.665. The van der Waals surface area contributed by atoms with Crippen molar-refractivity contribution in [1.82, 2.24) is 4.90 Å². The number of fused-ring (bicyclic) bond motifs is 1. The summed E-state index contributed by atoms with van der Waals surface area (Å²) in [6, 6.07) is 6.32. The molecule has 0 unspecified atom stereocenters. The molecule has 3 rings (SSSR count). The minimum atomic E-state index is -3.77. The van der Waals surface area contributed by atoms with Crippen LogP contribution in [-0.4, -0.2) is 44.5 Å². The van der Waals surface area contributed by atoms with E-state index in [2.05, 4.69) is 10.2 Å². The molecule has 10 heteroatoms. The van der Waals surface area contributed by atoms with E-state index >= 15 is 0 Å². The normalized spacial score (nSPS) is 14.1. The number of carbonyl (C=O) groups excluding carboxylic acids is 2. The van der Waals surface area contributed by atoms with Crippen LogP contribution in [0.25, 0.3) is 0 Å². The number of primary amides is 1. The number of hydrogen-bond acceptors (Lipinski definition) is 6. The molecule has 0 radical (unpaired) electrons. The molecule has 2 aromatic rings. The monoisotopic (exact) mass is 443 g/mol. The summed E-state index contributed by atoms with van der Waals surface area (Å²) in [5.74, 6) is -2.00. The molecular weight excluding hydrogens is 422 g/mol. The lowest BCUT2D eigenvalue weighted by Crippen LogP contribution is -2.27. The zero-order chi connectivity index (χ0) is 19.8. The number of sulfone groups is 1. The molecular formula is C18H22ClN3O4S2. The van der Waals surface area contributed by atoms with Crippen LogP contribution in [0.3, 0.4) is 0 Å². The molecule has 3 N–H and O–H groups in total. The van der Waals surface area contributed by atoms with Gasteiger partial charge in [-0.25, -0.2) is 8.42 Å². The molecule has 0 spiro atoms. The van der Waals surface area contributed by atoms with Gasteiger partial charge in [0, 0.05) is 18.0 Å². The average Bonchev–Trinajstić information content (AvgIpc) is 2.91. The van der Waals surface area contributed by atoms with Crippen molar-refractivity contribution in [3.8, 4) is 0 Å². The summed E-state index contributed by atoms with van der Waals surface area (Å²) in [7, 11) is -1.80. The molecule has 0 aliphatic carbocycles. The van der Waals surface area contributed by atoms with Gasteiger partial charge in [-0.05, 0) is 38.1 Å². The highest BCUT2D eigenvalue weighted by Gasteiger charge is 2.27. The summed E-state index contributed by atoms with van der Waals surface area (Å²) in [5, 5.41) is 2.91. The fourth-order valence-corrected chi connectivity index (χ4v) is 5.53. The lowest BCUT2D eigenvalue weighted by molar-refractivity contribution is -0.113. The largest absolute Gasteiger partial charge is 0.365 e. The maximum atomic E-state index is 12.4. The second-order valence-corrected chi connectivity index (χ2v) is 9.78. The van der Waals surface area contributed by atoms with E-state index in [4.69, 9.17) is 5.73 Å². The number of aryl methyl sites for hydroxylation is 1. The number of likely N-dealkylation sites (N-methyl/N-ethyl adjacent to an activating group) is 1. The fraction of sp³-hybridized carbons (Fsp3) is 0.333. The van der Waals surface area contributed by atoms with Gasteiger partial charge in [0.05, 0.1) is 10.5 Å². The number of hydrogen-bond donors (Lipinski definition) is 2. The highest BCUT2D eigenvalue weighted by molar-refractivity contribution is 7.92. The van der Waals surface area contributed by atoms with Crippen molar-refractivity contribution < 1.29 is 18.0 Å². The van der Waals surface area contributed by atoms with Crippen LogP contribution in [0.1, 0.15) is 26.4 Å². The molecule has 2 amide bonds. The van der Waals surface area contributed by atoms with E-state index in [0.29, 0.717) is 23.5 Å². The highest BCUT2D eigenvalue weighted by atomic mass is 35.5. The molecule has 0 saturated heterocycles. The van der Waals surface area contributed by atoms with Gasteiger partial charge in [0.15, 0.2) is 9.84 Å². The van der Waals surface area contributed by atoms with Gasteiger partial charge in [0.25, 0.3) is 5.91 Å². The minimum Gasteiger partial charge on any atom is -0.365 e. The smallest absolute Gasteiger partial charge is 0.251 e. The Hall–Kier alpha value is -1.94. The van der Waals surface area contributed by atoms with Crippen LogP contribution in [0.15, 0.2) is 29.2 Å². The number of benzene rings is 1. The van der Waals surface area contributed by atoms with Crippen molar-refractivity contribution in [2.24, 2.45) is 5.73 Å². The molecule has 1 aliphatic rings. The Kier molecular flexibility index (Phi) is 6.87. The van der Waals surface area contributed by atoms with Crippen LogP contribution in [0.5, 0.6) is 0 Å². The van der Waals surface area contributed by atoms with E-state index in [-0.39, 0.29) is 17.3 Å². The van der Waals surface area contributed by atoms with E-state index in [1.54, 1.807) is 12.1 Å². The first-order valence-electron chi connectivity index (χ1n) is 8.39. The standard InChI is InChI=1S/C18H21N3O4S2.ClH/c1-11-3-5-12(6-4-11)27(24,25)10-15(22)20-18-16(17(19)23)13-7-8-21(2)9-14(13)26-18;/h3-6H,7-10H2,1-2H3,(H2,19,23)(H,20,22);1H. The first-order chi connectivity index (χ1) is 12.7. The Labute approximate surface area is 174 Å². The SMILES string of the molecule is Cc1ccc(S(=O)(=O)CC(=O)Nc2sc3c(c2C(N)=O)CCN(C)C3)cc1.Cl. The van der Waals surface area contributed by atoms with Crippen LogP contribution < -0.4 is 11.1 Å². The molecule has 7 nitrogen and oxygen atoms in total. The number of nitrogens with two attached hydrogens (primary N) is 1. The molecule has 0 fully saturated rings. The molecule has 2 heterocycles. The molecule has 0 saturated carbocycles. The van der Waals surface area contributed by atoms with Gasteiger partial charge in [-0.1, -0.05) is 17.7 Å². The summed E-state index contributed by atoms with van der Waals surface area (Å²) in [5.41, 5.74) is 7.58. The Bertz CT molecular complexity index is 1000. The molecule has 1 aromatic heterocycles. The molecule has 152 valence electrons. The number of halogens is 1. The number of thiophene rings is 1. The van der Waals surface area contributed by atoms with Crippen molar-refractivity contribution in [3.63, 3.8) is 0 Å². The van der Waals surface area contributed by atoms with Gasteiger partial charge in [0.2, 0.25) is 5.91 Å². The van der Waals surface area contributed by atoms with Gasteiger partial charge in [-0.2, -0.15) is 0 Å². The topological polar surface area (TPSA) is 110 Å². The van der Waals surface area contributed by atoms with Crippen LogP contribution in [0.4, 0.5) is 5.00 Å². The summed E-state index contributed by atoms with van der Waals surface area (Å²) in [4.78, 5) is 27.4. The zero-order valence-electron chi connectivity index (χ0n) is 15.5. The predicted molar refractivity (Wildman–Crippen MR) is 112 cm³/mol.